The van der Waals surface area contributed by atoms with E-state index in [2.05, 4.69) is 62.2 Å². The highest BCUT2D eigenvalue weighted by Gasteiger charge is 2.41. The van der Waals surface area contributed by atoms with Crippen LogP contribution in [0.5, 0.6) is 0 Å². The van der Waals surface area contributed by atoms with Gasteiger partial charge in [-0.15, -0.1) is 5.10 Å². The number of aromatic nitrogens is 3. The number of halogens is 1. The average Bonchev–Trinajstić information content (AvgIpc) is 3.22. The topological polar surface area (TPSA) is 63.1 Å². The molecule has 0 saturated heterocycles. The Labute approximate surface area is 205 Å². The zero-order valence-electron chi connectivity index (χ0n) is 20.1. The van der Waals surface area contributed by atoms with Gasteiger partial charge in [0.05, 0.1) is 0 Å². The van der Waals surface area contributed by atoms with E-state index >= 15 is 0 Å². The van der Waals surface area contributed by atoms with Crippen LogP contribution >= 0.6 is 11.6 Å². The van der Waals surface area contributed by atoms with Gasteiger partial charge in [-0.1, -0.05) is 37.6 Å². The van der Waals surface area contributed by atoms with Crippen molar-refractivity contribution >= 4 is 29.0 Å². The number of nitrogens with one attached hydrogen (secondary N) is 1. The van der Waals surface area contributed by atoms with E-state index in [1.54, 1.807) is 0 Å². The van der Waals surface area contributed by atoms with Gasteiger partial charge in [-0.25, -0.2) is 4.68 Å². The van der Waals surface area contributed by atoms with Gasteiger partial charge in [0.15, 0.2) is 11.6 Å². The molecule has 0 radical (unpaired) electrons. The Morgan fingerprint density at radius 3 is 2.38 bits per heavy atom. The summed E-state index contributed by atoms with van der Waals surface area (Å²) in [6.07, 6.45) is 1.32. The van der Waals surface area contributed by atoms with E-state index in [0.717, 1.165) is 41.9 Å². The first kappa shape index (κ1) is 22.7. The molecule has 3 aromatic rings. The number of benzene rings is 2. The molecule has 2 aliphatic rings. The number of nitrogens with zero attached hydrogens (tertiary/aromatic N) is 4. The molecule has 1 atom stereocenters. The molecule has 1 unspecified atom stereocenters. The number of anilines is 2. The van der Waals surface area contributed by atoms with Crippen molar-refractivity contribution in [3.05, 3.63) is 70.4 Å². The zero-order valence-corrected chi connectivity index (χ0v) is 20.9. The van der Waals surface area contributed by atoms with Crippen LogP contribution in [-0.4, -0.2) is 33.6 Å². The second kappa shape index (κ2) is 8.58. The maximum absolute atomic E-state index is 13.4. The predicted molar refractivity (Wildman–Crippen MR) is 137 cm³/mol. The smallest absolute Gasteiger partial charge is 0.226 e. The van der Waals surface area contributed by atoms with Crippen molar-refractivity contribution in [3.8, 4) is 11.4 Å². The lowest BCUT2D eigenvalue weighted by atomic mass is 9.73. The Morgan fingerprint density at radius 2 is 1.74 bits per heavy atom. The molecule has 0 amide bonds. The third-order valence-electron chi connectivity index (χ3n) is 6.77. The van der Waals surface area contributed by atoms with Gasteiger partial charge in [-0.2, -0.15) is 4.98 Å². The monoisotopic (exact) mass is 475 g/mol. The molecule has 176 valence electrons. The van der Waals surface area contributed by atoms with E-state index in [1.807, 2.05) is 28.9 Å². The predicted octanol–water partition coefficient (Wildman–Crippen LogP) is 6.10. The summed E-state index contributed by atoms with van der Waals surface area (Å²) in [6, 6.07) is 15.7. The highest BCUT2D eigenvalue weighted by molar-refractivity contribution is 6.30. The second-order valence-corrected chi connectivity index (χ2v) is 10.3. The molecule has 1 aliphatic carbocycles. The van der Waals surface area contributed by atoms with Gasteiger partial charge in [0.1, 0.15) is 6.04 Å². The minimum absolute atomic E-state index is 0.0960. The summed E-state index contributed by atoms with van der Waals surface area (Å²) >= 11 is 6.08. The van der Waals surface area contributed by atoms with Gasteiger partial charge in [0, 0.05) is 47.1 Å². The van der Waals surface area contributed by atoms with Crippen LogP contribution in [0.1, 0.15) is 52.1 Å². The summed E-state index contributed by atoms with van der Waals surface area (Å²) in [5.74, 6) is 1.44. The number of fused-ring (bicyclic) bond motifs is 1. The number of carbonyl (C=O) groups excluding carboxylic acids is 1. The third kappa shape index (κ3) is 4.00. The number of hydrogen-bond acceptors (Lipinski definition) is 5. The lowest BCUT2D eigenvalue weighted by Gasteiger charge is -2.38. The SMILES string of the molecule is CCN(CC)c1ccc(C2C3=C(CC(C)(C)CC3=O)Nc3nc(-c4ccc(Cl)cc4)nn32)cc1. The van der Waals surface area contributed by atoms with Crippen LogP contribution in [0, 0.1) is 5.41 Å². The Balaban J connectivity index is 1.62. The van der Waals surface area contributed by atoms with Crippen molar-refractivity contribution in [1.82, 2.24) is 14.8 Å². The molecule has 0 fully saturated rings. The average molecular weight is 476 g/mol. The van der Waals surface area contributed by atoms with Crippen molar-refractivity contribution < 1.29 is 4.79 Å². The van der Waals surface area contributed by atoms with E-state index in [0.29, 0.717) is 23.2 Å². The molecule has 0 saturated carbocycles. The summed E-state index contributed by atoms with van der Waals surface area (Å²) in [6.45, 7) is 10.5. The molecule has 0 bridgehead atoms. The summed E-state index contributed by atoms with van der Waals surface area (Å²) in [5, 5.41) is 8.98. The lowest BCUT2D eigenvalue weighted by molar-refractivity contribution is -0.118. The molecule has 34 heavy (non-hydrogen) atoms. The minimum atomic E-state index is -0.311. The van der Waals surface area contributed by atoms with E-state index in [1.165, 1.54) is 5.69 Å². The normalized spacial score (nSPS) is 18.9. The second-order valence-electron chi connectivity index (χ2n) is 9.84. The van der Waals surface area contributed by atoms with Crippen LogP contribution in [-0.2, 0) is 4.79 Å². The van der Waals surface area contributed by atoms with Crippen LogP contribution in [0.25, 0.3) is 11.4 Å². The molecule has 0 spiro atoms. The summed E-state index contributed by atoms with van der Waals surface area (Å²) < 4.78 is 1.87. The van der Waals surface area contributed by atoms with Crippen LogP contribution in [0.15, 0.2) is 59.8 Å². The Bertz CT molecular complexity index is 1250. The van der Waals surface area contributed by atoms with Crippen LogP contribution in [0.2, 0.25) is 5.02 Å². The molecule has 1 aliphatic heterocycles. The Morgan fingerprint density at radius 1 is 1.06 bits per heavy atom. The molecular weight excluding hydrogens is 446 g/mol. The van der Waals surface area contributed by atoms with Crippen molar-refractivity contribution in [3.63, 3.8) is 0 Å². The number of ketones is 1. The first-order chi connectivity index (χ1) is 16.3. The Kier molecular flexibility index (Phi) is 5.72. The van der Waals surface area contributed by atoms with E-state index in [9.17, 15) is 4.79 Å². The molecule has 2 aromatic carbocycles. The standard InChI is InChI=1S/C27H30ClN5O/c1-5-32(6-2)20-13-9-17(10-14-20)24-23-21(15-27(3,4)16-22(23)34)29-26-30-25(31-33(24)26)18-7-11-19(28)12-8-18/h7-14,24H,5-6,15-16H2,1-4H3,(H,29,30,31). The van der Waals surface area contributed by atoms with Gasteiger partial charge in [-0.3, -0.25) is 4.79 Å². The summed E-state index contributed by atoms with van der Waals surface area (Å²) in [4.78, 5) is 20.6. The summed E-state index contributed by atoms with van der Waals surface area (Å²) in [5.41, 5.74) is 4.76. The Hall–Kier alpha value is -3.12. The lowest BCUT2D eigenvalue weighted by Crippen LogP contribution is -2.36. The zero-order chi connectivity index (χ0) is 24.0. The minimum Gasteiger partial charge on any atom is -0.372 e. The molecule has 1 N–H and O–H groups in total. The fourth-order valence-electron chi connectivity index (χ4n) is 5.09. The molecule has 1 aromatic heterocycles. The quantitative estimate of drug-likeness (QED) is 0.482. The van der Waals surface area contributed by atoms with Crippen molar-refractivity contribution in [2.75, 3.05) is 23.3 Å². The maximum atomic E-state index is 13.4. The number of carbonyl (C=O) groups is 1. The van der Waals surface area contributed by atoms with Crippen LogP contribution in [0.4, 0.5) is 11.6 Å². The van der Waals surface area contributed by atoms with Gasteiger partial charge in [0.2, 0.25) is 5.95 Å². The summed E-state index contributed by atoms with van der Waals surface area (Å²) in [7, 11) is 0. The van der Waals surface area contributed by atoms with E-state index < -0.39 is 0 Å². The fraction of sp³-hybridized carbons (Fsp3) is 0.370. The van der Waals surface area contributed by atoms with Gasteiger partial charge >= 0.3 is 0 Å². The van der Waals surface area contributed by atoms with Crippen LogP contribution in [0.3, 0.4) is 0 Å². The van der Waals surface area contributed by atoms with Gasteiger partial charge in [0.25, 0.3) is 0 Å². The van der Waals surface area contributed by atoms with E-state index in [-0.39, 0.29) is 17.2 Å². The highest BCUT2D eigenvalue weighted by atomic mass is 35.5. The maximum Gasteiger partial charge on any atom is 0.226 e. The third-order valence-corrected chi connectivity index (χ3v) is 7.02. The van der Waals surface area contributed by atoms with Gasteiger partial charge < -0.3 is 10.2 Å². The number of allylic oxidation sites excluding steroid dienone is 2. The van der Waals surface area contributed by atoms with Crippen LogP contribution < -0.4 is 10.2 Å². The van der Waals surface area contributed by atoms with Crippen molar-refractivity contribution in [2.45, 2.75) is 46.6 Å². The fourth-order valence-corrected chi connectivity index (χ4v) is 5.22. The van der Waals surface area contributed by atoms with Gasteiger partial charge in [-0.05, 0) is 67.6 Å². The number of Topliss-reactive ketones (excluding diaryl/α,β-unsaturated/α-hetero) is 1. The van der Waals surface area contributed by atoms with Crippen molar-refractivity contribution in [1.29, 1.82) is 0 Å². The highest BCUT2D eigenvalue weighted by Crippen LogP contribution is 2.45. The first-order valence-corrected chi connectivity index (χ1v) is 12.3. The molecule has 5 rings (SSSR count). The largest absolute Gasteiger partial charge is 0.372 e. The molecule has 6 nitrogen and oxygen atoms in total. The van der Waals surface area contributed by atoms with Crippen molar-refractivity contribution in [2.24, 2.45) is 5.41 Å². The molecule has 2 heterocycles. The number of hydrogen-bond donors (Lipinski definition) is 1. The molecule has 7 heteroatoms. The first-order valence-electron chi connectivity index (χ1n) is 11.9. The molecular formula is C27H30ClN5O. The number of rotatable bonds is 5. The van der Waals surface area contributed by atoms with E-state index in [4.69, 9.17) is 21.7 Å².